The predicted molar refractivity (Wildman–Crippen MR) is 173 cm³/mol. The molecule has 0 amide bonds. The topological polar surface area (TPSA) is 104 Å². The summed E-state index contributed by atoms with van der Waals surface area (Å²) in [4.78, 5) is 16.8. The standard InChI is InChI=1S/C34H35F2N7O2S/c1-41-13-19-6-7-20(14-41)43(19)32-28-24-16-44-15-23(24)27(21-4-2-5-25-26(21)22(11-37)31(38)46-25)29(36)30(28)39-33(40-32)45-17-34-8-3-9-42(34)12-18(35)10-34/h2,4-5,18-20H,3,6-10,12-17,38H2,1H3/t18-,19?,20?,34+/m1/s1. The Hall–Kier alpha value is -3.63. The molecule has 2 bridgehead atoms. The molecule has 4 fully saturated rings. The van der Waals surface area contributed by atoms with Gasteiger partial charge in [0.25, 0.3) is 0 Å². The number of hydrogen-bond acceptors (Lipinski definition) is 10. The van der Waals surface area contributed by atoms with E-state index in [1.165, 1.54) is 11.3 Å². The van der Waals surface area contributed by atoms with E-state index < -0.39 is 12.0 Å². The molecule has 2 aromatic carbocycles. The van der Waals surface area contributed by atoms with E-state index in [1.54, 1.807) is 0 Å². The predicted octanol–water partition coefficient (Wildman–Crippen LogP) is 5.37. The molecular formula is C34H35F2N7O2S. The highest BCUT2D eigenvalue weighted by Gasteiger charge is 2.49. The van der Waals surface area contributed by atoms with Crippen molar-refractivity contribution < 1.29 is 18.3 Å². The van der Waals surface area contributed by atoms with Gasteiger partial charge in [0.15, 0.2) is 5.82 Å². The number of nitrogens with two attached hydrogens (primary N) is 1. The summed E-state index contributed by atoms with van der Waals surface area (Å²) < 4.78 is 45.2. The van der Waals surface area contributed by atoms with Crippen molar-refractivity contribution in [1.29, 1.82) is 5.26 Å². The number of halogens is 2. The van der Waals surface area contributed by atoms with Crippen LogP contribution in [0.15, 0.2) is 18.2 Å². The van der Waals surface area contributed by atoms with Crippen molar-refractivity contribution in [2.45, 2.75) is 69.1 Å². The van der Waals surface area contributed by atoms with Gasteiger partial charge in [-0.25, -0.2) is 8.78 Å². The van der Waals surface area contributed by atoms with Gasteiger partial charge in [0.05, 0.1) is 29.7 Å². The number of alkyl halides is 1. The van der Waals surface area contributed by atoms with E-state index >= 15 is 4.39 Å². The van der Waals surface area contributed by atoms with Crippen LogP contribution in [0, 0.1) is 17.1 Å². The highest BCUT2D eigenvalue weighted by Crippen LogP contribution is 2.48. The zero-order valence-electron chi connectivity index (χ0n) is 25.7. The van der Waals surface area contributed by atoms with E-state index in [0.29, 0.717) is 57.9 Å². The maximum atomic E-state index is 17.4. The fourth-order valence-corrected chi connectivity index (χ4v) is 10.1. The lowest BCUT2D eigenvalue weighted by molar-refractivity contribution is 0.107. The molecule has 5 aliphatic heterocycles. The molecule has 0 spiro atoms. The van der Waals surface area contributed by atoms with E-state index in [1.807, 2.05) is 18.2 Å². The van der Waals surface area contributed by atoms with Crippen LogP contribution in [-0.4, -0.2) is 83.4 Å². The van der Waals surface area contributed by atoms with Crippen LogP contribution >= 0.6 is 11.3 Å². The highest BCUT2D eigenvalue weighted by molar-refractivity contribution is 7.23. The van der Waals surface area contributed by atoms with Crippen molar-refractivity contribution in [3.63, 3.8) is 0 Å². The van der Waals surface area contributed by atoms with E-state index in [4.69, 9.17) is 25.2 Å². The van der Waals surface area contributed by atoms with Crippen LogP contribution in [-0.2, 0) is 18.0 Å². The molecule has 4 atom stereocenters. The molecule has 2 unspecified atom stereocenters. The van der Waals surface area contributed by atoms with Gasteiger partial charge in [0.1, 0.15) is 35.2 Å². The van der Waals surface area contributed by atoms with Crippen LogP contribution in [0.5, 0.6) is 6.01 Å². The average Bonchev–Trinajstić information content (AvgIpc) is 3.83. The second-order valence-electron chi connectivity index (χ2n) is 13.7. The van der Waals surface area contributed by atoms with Crippen molar-refractivity contribution in [2.75, 3.05) is 50.5 Å². The molecule has 2 aromatic heterocycles. The fourth-order valence-electron chi connectivity index (χ4n) is 9.12. The van der Waals surface area contributed by atoms with Gasteiger partial charge in [0.2, 0.25) is 0 Å². The third-order valence-electron chi connectivity index (χ3n) is 11.0. The first-order valence-electron chi connectivity index (χ1n) is 16.2. The number of likely N-dealkylation sites (tertiary alicyclic amines) is 1. The zero-order valence-corrected chi connectivity index (χ0v) is 26.5. The molecule has 46 heavy (non-hydrogen) atoms. The van der Waals surface area contributed by atoms with Gasteiger partial charge in [-0.2, -0.15) is 15.2 Å². The van der Waals surface area contributed by atoms with Crippen LogP contribution in [0.1, 0.15) is 48.8 Å². The third-order valence-corrected chi connectivity index (χ3v) is 12.0. The van der Waals surface area contributed by atoms with Gasteiger partial charge in [-0.3, -0.25) is 4.90 Å². The average molecular weight is 644 g/mol. The zero-order chi connectivity index (χ0) is 31.3. The Kier molecular flexibility index (Phi) is 6.49. The van der Waals surface area contributed by atoms with Crippen molar-refractivity contribution in [2.24, 2.45) is 0 Å². The molecule has 9 rings (SSSR count). The third kappa shape index (κ3) is 4.11. The van der Waals surface area contributed by atoms with Crippen LogP contribution in [0.2, 0.25) is 0 Å². The molecule has 0 saturated carbocycles. The summed E-state index contributed by atoms with van der Waals surface area (Å²) in [5.41, 5.74) is 9.02. The second-order valence-corrected chi connectivity index (χ2v) is 14.8. The molecule has 12 heteroatoms. The quantitative estimate of drug-likeness (QED) is 0.307. The Morgan fingerprint density at radius 2 is 1.96 bits per heavy atom. The molecular weight excluding hydrogens is 608 g/mol. The molecule has 0 radical (unpaired) electrons. The molecule has 5 aliphatic rings. The minimum atomic E-state index is -0.882. The Labute approximate surface area is 269 Å². The summed E-state index contributed by atoms with van der Waals surface area (Å²) in [5.74, 6) is 0.208. The number of likely N-dealkylation sites (N-methyl/N-ethyl adjacent to an activating group) is 1. The van der Waals surface area contributed by atoms with Crippen molar-refractivity contribution in [3.05, 3.63) is 40.7 Å². The minimum Gasteiger partial charge on any atom is -0.461 e. The Bertz CT molecular complexity index is 1950. The summed E-state index contributed by atoms with van der Waals surface area (Å²) in [5, 5.41) is 11.7. The Morgan fingerprint density at radius 3 is 2.76 bits per heavy atom. The van der Waals surface area contributed by atoms with Gasteiger partial charge >= 0.3 is 6.01 Å². The molecule has 9 nitrogen and oxygen atoms in total. The van der Waals surface area contributed by atoms with Crippen molar-refractivity contribution in [3.8, 4) is 23.2 Å². The summed E-state index contributed by atoms with van der Waals surface area (Å²) in [6.07, 6.45) is 3.46. The number of hydrogen-bond donors (Lipinski definition) is 1. The molecule has 4 aromatic rings. The number of fused-ring (bicyclic) bond motifs is 7. The summed E-state index contributed by atoms with van der Waals surface area (Å²) in [6, 6.07) is 8.46. The monoisotopic (exact) mass is 643 g/mol. The maximum absolute atomic E-state index is 17.4. The first-order chi connectivity index (χ1) is 22.3. The lowest BCUT2D eigenvalue weighted by Crippen LogP contribution is -2.53. The van der Waals surface area contributed by atoms with Crippen LogP contribution < -0.4 is 15.4 Å². The van der Waals surface area contributed by atoms with Crippen LogP contribution in [0.25, 0.3) is 32.1 Å². The van der Waals surface area contributed by atoms with Crippen molar-refractivity contribution >= 4 is 43.1 Å². The number of nitrogen functional groups attached to an aromatic ring is 1. The first kappa shape index (κ1) is 28.6. The normalized spacial score (nSPS) is 27.5. The number of aromatic nitrogens is 2. The number of nitrogens with zero attached hydrogens (tertiary/aromatic N) is 6. The Balaban J connectivity index is 1.26. The van der Waals surface area contributed by atoms with Crippen LogP contribution in [0.4, 0.5) is 19.6 Å². The summed E-state index contributed by atoms with van der Waals surface area (Å²) in [7, 11) is 2.15. The molecule has 4 saturated heterocycles. The lowest BCUT2D eigenvalue weighted by atomic mass is 9.90. The van der Waals surface area contributed by atoms with Crippen LogP contribution in [0.3, 0.4) is 0 Å². The molecule has 238 valence electrons. The molecule has 7 heterocycles. The smallest absolute Gasteiger partial charge is 0.319 e. The SMILES string of the molecule is CN1CC2CCC(C1)N2c1nc(OC[C@@]23CCCN2C[C@H](F)C3)nc2c(F)c(-c3cccc4sc(N)c(C#N)c34)c3c(c12)COC3. The summed E-state index contributed by atoms with van der Waals surface area (Å²) >= 11 is 1.33. The van der Waals surface area contributed by atoms with E-state index in [-0.39, 0.29) is 42.4 Å². The fraction of sp³-hybridized carbons (Fsp3) is 0.500. The van der Waals surface area contributed by atoms with Gasteiger partial charge in [-0.05, 0) is 62.0 Å². The Morgan fingerprint density at radius 1 is 1.15 bits per heavy atom. The second kappa shape index (κ2) is 10.4. The van der Waals surface area contributed by atoms with Gasteiger partial charge in [-0.15, -0.1) is 11.3 Å². The van der Waals surface area contributed by atoms with Crippen molar-refractivity contribution in [1.82, 2.24) is 19.8 Å². The number of nitriles is 1. The number of rotatable bonds is 5. The maximum Gasteiger partial charge on any atom is 0.319 e. The number of anilines is 2. The van der Waals surface area contributed by atoms with Gasteiger partial charge in [-0.1, -0.05) is 12.1 Å². The van der Waals surface area contributed by atoms with E-state index in [2.05, 4.69) is 27.8 Å². The highest BCUT2D eigenvalue weighted by atomic mass is 32.1. The minimum absolute atomic E-state index is 0.115. The largest absolute Gasteiger partial charge is 0.461 e. The molecule has 2 N–H and O–H groups in total. The number of ether oxygens (including phenoxy) is 2. The van der Waals surface area contributed by atoms with E-state index in [9.17, 15) is 9.65 Å². The van der Waals surface area contributed by atoms with Gasteiger partial charge in [0, 0.05) is 53.8 Å². The first-order valence-corrected chi connectivity index (χ1v) is 17.0. The number of piperazine rings is 1. The number of benzene rings is 2. The number of thiophene rings is 1. The van der Waals surface area contributed by atoms with E-state index in [0.717, 1.165) is 61.1 Å². The van der Waals surface area contributed by atoms with Gasteiger partial charge < -0.3 is 25.0 Å². The molecule has 0 aliphatic carbocycles. The lowest BCUT2D eigenvalue weighted by Gasteiger charge is -2.41. The summed E-state index contributed by atoms with van der Waals surface area (Å²) in [6.45, 7) is 3.87.